The van der Waals surface area contributed by atoms with Gasteiger partial charge in [-0.2, -0.15) is 26.3 Å². The number of benzene rings is 2. The molecule has 0 aliphatic heterocycles. The number of ether oxygens (including phenoxy) is 2. The summed E-state index contributed by atoms with van der Waals surface area (Å²) in [5, 5.41) is 52.4. The molecular weight excluding hydrogens is 895 g/mol. The van der Waals surface area contributed by atoms with Crippen molar-refractivity contribution < 1.29 is 75.4 Å². The molecular formula is C34H34F6N6O10S4. The molecule has 2 heterocycles. The molecule has 0 spiro atoms. The number of aromatic nitrogens is 2. The van der Waals surface area contributed by atoms with E-state index >= 15 is 0 Å². The van der Waals surface area contributed by atoms with Crippen LogP contribution in [0.5, 0.6) is 11.5 Å². The zero-order chi connectivity index (χ0) is 45.2. The second-order valence-electron chi connectivity index (χ2n) is 11.1. The lowest BCUT2D eigenvalue weighted by Gasteiger charge is -2.09. The number of nitrogens with one attached hydrogen (secondary N) is 4. The van der Waals surface area contributed by atoms with Gasteiger partial charge in [0, 0.05) is 50.0 Å². The van der Waals surface area contributed by atoms with Crippen LogP contribution in [0, 0.1) is 0 Å². The van der Waals surface area contributed by atoms with Crippen molar-refractivity contribution in [3.8, 4) is 32.6 Å². The van der Waals surface area contributed by atoms with Crippen molar-refractivity contribution in [2.24, 2.45) is 0 Å². The number of esters is 2. The summed E-state index contributed by atoms with van der Waals surface area (Å²) in [7, 11) is 2.60. The van der Waals surface area contributed by atoms with Crippen molar-refractivity contribution in [3.05, 3.63) is 69.7 Å². The van der Waals surface area contributed by atoms with E-state index in [0.717, 1.165) is 13.1 Å². The average Bonchev–Trinajstić information content (AvgIpc) is 3.89. The molecule has 4 rings (SSSR count). The first kappa shape index (κ1) is 50.6. The Morgan fingerprint density at radius 3 is 1.25 bits per heavy atom. The fraction of sp³-hybridized carbons (Fsp3) is 0.294. The number of thiocarbonyl (C=S) groups is 2. The molecule has 2 aromatic carbocycles. The number of phenolic OH excluding ortho intramolecular Hbond substituents is 2. The third-order valence-electron chi connectivity index (χ3n) is 6.91. The Morgan fingerprint density at radius 2 is 0.950 bits per heavy atom. The van der Waals surface area contributed by atoms with Crippen LogP contribution in [0.3, 0.4) is 0 Å². The number of aliphatic carboxylic acids is 2. The summed E-state index contributed by atoms with van der Waals surface area (Å²) in [4.78, 5) is 51.5. The molecule has 326 valence electrons. The lowest BCUT2D eigenvalue weighted by molar-refractivity contribution is -0.193. The van der Waals surface area contributed by atoms with Gasteiger partial charge in [-0.05, 0) is 36.4 Å². The fourth-order valence-corrected chi connectivity index (χ4v) is 6.28. The quantitative estimate of drug-likeness (QED) is 0.0352. The van der Waals surface area contributed by atoms with Gasteiger partial charge in [0.15, 0.2) is 0 Å². The maximum Gasteiger partial charge on any atom is 0.490 e. The summed E-state index contributed by atoms with van der Waals surface area (Å²) in [5.74, 6) is -6.47. The van der Waals surface area contributed by atoms with Gasteiger partial charge in [-0.3, -0.25) is 0 Å². The summed E-state index contributed by atoms with van der Waals surface area (Å²) in [6, 6.07) is 8.95. The molecule has 0 radical (unpaired) electrons. The Hall–Kier alpha value is -5.54. The molecule has 0 saturated heterocycles. The number of carbonyl (C=O) groups is 4. The summed E-state index contributed by atoms with van der Waals surface area (Å²) in [6.07, 6.45) is -10.2. The van der Waals surface area contributed by atoms with Crippen LogP contribution in [0.25, 0.3) is 21.1 Å². The molecule has 0 unspecified atom stereocenters. The number of hydrogen-bond acceptors (Lipinski definition) is 16. The molecule has 8 N–H and O–H groups in total. The summed E-state index contributed by atoms with van der Waals surface area (Å²) in [5.41, 5.74) is 2.69. The first-order valence-corrected chi connectivity index (χ1v) is 19.0. The minimum Gasteiger partial charge on any atom is -0.507 e. The third kappa shape index (κ3) is 16.6. The van der Waals surface area contributed by atoms with Crippen molar-refractivity contribution in [1.29, 1.82) is 0 Å². The number of hydrogen-bond donors (Lipinski definition) is 8. The molecule has 2 aromatic heterocycles. The predicted molar refractivity (Wildman–Crippen MR) is 214 cm³/mol. The number of alkyl halides is 6. The van der Waals surface area contributed by atoms with Crippen LogP contribution < -0.4 is 21.3 Å². The zero-order valence-electron chi connectivity index (χ0n) is 30.9. The molecule has 0 aliphatic rings. The monoisotopic (exact) mass is 928 g/mol. The number of halogens is 6. The third-order valence-corrected chi connectivity index (χ3v) is 9.37. The lowest BCUT2D eigenvalue weighted by atomic mass is 10.1. The predicted octanol–water partition coefficient (Wildman–Crippen LogP) is 4.59. The molecule has 0 bridgehead atoms. The van der Waals surface area contributed by atoms with Gasteiger partial charge in [0.05, 0.1) is 36.5 Å². The maximum atomic E-state index is 11.8. The summed E-state index contributed by atoms with van der Waals surface area (Å²) < 4.78 is 73.0. The number of carbonyl (C=O) groups excluding carboxylic acids is 2. The number of nitrogens with zero attached hydrogens (tertiary/aromatic N) is 2. The highest BCUT2D eigenvalue weighted by atomic mass is 32.1. The van der Waals surface area contributed by atoms with E-state index in [0.29, 0.717) is 79.8 Å². The Kier molecular flexibility index (Phi) is 20.2. The van der Waals surface area contributed by atoms with E-state index < -0.39 is 36.2 Å². The number of rotatable bonds is 15. The second kappa shape index (κ2) is 23.9. The van der Waals surface area contributed by atoms with Crippen molar-refractivity contribution in [2.75, 3.05) is 53.5 Å². The van der Waals surface area contributed by atoms with Crippen LogP contribution >= 0.6 is 47.1 Å². The topological polar surface area (TPSA) is 242 Å². The largest absolute Gasteiger partial charge is 0.507 e. The number of carboxylic acids is 2. The minimum atomic E-state index is -5.08. The number of phenols is 2. The number of methoxy groups -OCH3 is 2. The molecule has 4 aromatic rings. The van der Waals surface area contributed by atoms with Crippen molar-refractivity contribution >= 4 is 81.0 Å². The highest BCUT2D eigenvalue weighted by molar-refractivity contribution is 7.81. The van der Waals surface area contributed by atoms with Gasteiger partial charge in [0.2, 0.25) is 0 Å². The molecule has 0 aliphatic carbocycles. The molecule has 0 amide bonds. The van der Waals surface area contributed by atoms with Gasteiger partial charge in [-0.15, -0.1) is 22.7 Å². The Labute approximate surface area is 354 Å². The average molecular weight is 929 g/mol. The number of carboxylic acid groups (broad SMARTS) is 2. The lowest BCUT2D eigenvalue weighted by Crippen LogP contribution is -2.37. The number of aromatic hydroxyl groups is 2. The van der Waals surface area contributed by atoms with Crippen LogP contribution in [-0.2, 0) is 19.1 Å². The van der Waals surface area contributed by atoms with E-state index in [1.165, 1.54) is 61.2 Å². The SMILES string of the molecule is COC(=O)c1ccc(O)c(-c2nc(C(=S)NCCNCCNCCNC(=S)c3csc(-c4cc(C(=O)OC)ccc4O)n3)cs2)c1.O=C(O)C(F)(F)F.O=C(O)C(F)(F)F. The second-order valence-corrected chi connectivity index (χ2v) is 13.7. The highest BCUT2D eigenvalue weighted by Crippen LogP contribution is 2.34. The van der Waals surface area contributed by atoms with E-state index in [2.05, 4.69) is 31.2 Å². The van der Waals surface area contributed by atoms with Gasteiger partial charge in [-0.25, -0.2) is 29.1 Å². The van der Waals surface area contributed by atoms with E-state index in [9.17, 15) is 46.1 Å². The van der Waals surface area contributed by atoms with Gasteiger partial charge in [0.1, 0.15) is 42.9 Å². The van der Waals surface area contributed by atoms with E-state index in [-0.39, 0.29) is 11.5 Å². The van der Waals surface area contributed by atoms with Crippen LogP contribution in [0.1, 0.15) is 32.1 Å². The smallest absolute Gasteiger partial charge is 0.490 e. The number of thiazole rings is 2. The zero-order valence-corrected chi connectivity index (χ0v) is 34.2. The summed E-state index contributed by atoms with van der Waals surface area (Å²) in [6.45, 7) is 4.08. The van der Waals surface area contributed by atoms with Gasteiger partial charge < -0.3 is 51.2 Å². The Morgan fingerprint density at radius 1 is 0.633 bits per heavy atom. The molecule has 0 saturated carbocycles. The van der Waals surface area contributed by atoms with Crippen molar-refractivity contribution in [1.82, 2.24) is 31.2 Å². The van der Waals surface area contributed by atoms with Gasteiger partial charge in [0.25, 0.3) is 0 Å². The first-order chi connectivity index (χ1) is 28.1. The minimum absolute atomic E-state index is 0.0142. The summed E-state index contributed by atoms with van der Waals surface area (Å²) >= 11 is 13.6. The Balaban J connectivity index is 0.000000758. The standard InChI is InChI=1S/C30H32N6O6S4.2C2HF3O2/c1-41-29(39)17-3-5-23(37)19(13-17)27-35-21(15-45-27)25(43)33-11-9-31-7-8-32-10-12-34-26(44)22-16-46-28(36-22)20-14-18(30(40)42-2)4-6-24(20)38;2*3-2(4,5)1(6)7/h3-6,13-16,31-32,37-38H,7-12H2,1-2H3,(H,33,43)(H,34,44);2*(H,6,7). The van der Waals surface area contributed by atoms with Crippen LogP contribution in [0.2, 0.25) is 0 Å². The van der Waals surface area contributed by atoms with Crippen LogP contribution in [-0.4, -0.2) is 130 Å². The fourth-order valence-electron chi connectivity index (χ4n) is 4.04. The van der Waals surface area contributed by atoms with E-state index in [4.69, 9.17) is 53.7 Å². The van der Waals surface area contributed by atoms with Gasteiger partial charge >= 0.3 is 36.2 Å². The van der Waals surface area contributed by atoms with Crippen LogP contribution in [0.15, 0.2) is 47.2 Å². The normalized spacial score (nSPS) is 10.9. The maximum absolute atomic E-state index is 11.8. The van der Waals surface area contributed by atoms with Crippen molar-refractivity contribution in [2.45, 2.75) is 12.4 Å². The molecule has 16 nitrogen and oxygen atoms in total. The highest BCUT2D eigenvalue weighted by Gasteiger charge is 2.39. The van der Waals surface area contributed by atoms with E-state index in [1.54, 1.807) is 22.9 Å². The molecule has 60 heavy (non-hydrogen) atoms. The first-order valence-electron chi connectivity index (χ1n) is 16.4. The molecule has 0 atom stereocenters. The van der Waals surface area contributed by atoms with Crippen molar-refractivity contribution in [3.63, 3.8) is 0 Å². The Bertz CT molecular complexity index is 1980. The molecule has 0 fully saturated rings. The van der Waals surface area contributed by atoms with E-state index in [1.807, 2.05) is 0 Å². The van der Waals surface area contributed by atoms with Crippen LogP contribution in [0.4, 0.5) is 26.3 Å². The molecule has 26 heteroatoms. The van der Waals surface area contributed by atoms with Gasteiger partial charge in [-0.1, -0.05) is 24.4 Å².